The van der Waals surface area contributed by atoms with Crippen molar-refractivity contribution in [1.29, 1.82) is 0 Å². The minimum atomic E-state index is -0.721. The van der Waals surface area contributed by atoms with Crippen LogP contribution in [0.5, 0.6) is 11.5 Å². The quantitative estimate of drug-likeness (QED) is 0.325. The van der Waals surface area contributed by atoms with Gasteiger partial charge in [-0.05, 0) is 30.7 Å². The Morgan fingerprint density at radius 1 is 1.40 bits per heavy atom. The van der Waals surface area contributed by atoms with Gasteiger partial charge in [0.1, 0.15) is 5.82 Å². The van der Waals surface area contributed by atoms with Gasteiger partial charge in [0.2, 0.25) is 5.75 Å². The zero-order valence-electron chi connectivity index (χ0n) is 16.5. The van der Waals surface area contributed by atoms with E-state index in [9.17, 15) is 20.0 Å². The van der Waals surface area contributed by atoms with E-state index in [0.29, 0.717) is 16.7 Å². The molecule has 0 radical (unpaired) electrons. The first-order chi connectivity index (χ1) is 14.3. The number of aromatic hydroxyl groups is 1. The number of methoxy groups -OCH3 is 1. The fourth-order valence-corrected chi connectivity index (χ4v) is 3.25. The molecule has 30 heavy (non-hydrogen) atoms. The van der Waals surface area contributed by atoms with Crippen LogP contribution in [0.4, 0.5) is 5.69 Å². The summed E-state index contributed by atoms with van der Waals surface area (Å²) in [7, 11) is 1.29. The predicted octanol–water partition coefficient (Wildman–Crippen LogP) is 4.18. The Hall–Kier alpha value is -3.27. The first kappa shape index (κ1) is 21.4. The van der Waals surface area contributed by atoms with E-state index in [1.165, 1.54) is 24.1 Å². The maximum Gasteiger partial charge on any atom is 0.315 e. The van der Waals surface area contributed by atoms with Crippen molar-refractivity contribution in [3.05, 3.63) is 66.7 Å². The first-order valence-corrected chi connectivity index (χ1v) is 9.88. The molecule has 0 aliphatic rings. The van der Waals surface area contributed by atoms with Gasteiger partial charge in [-0.1, -0.05) is 29.8 Å². The highest BCUT2D eigenvalue weighted by atomic mass is 79.9. The van der Waals surface area contributed by atoms with Gasteiger partial charge >= 0.3 is 5.69 Å². The highest BCUT2D eigenvalue weighted by Gasteiger charge is 2.20. The van der Waals surface area contributed by atoms with E-state index < -0.39 is 16.4 Å². The van der Waals surface area contributed by atoms with Crippen molar-refractivity contribution in [3.63, 3.8) is 0 Å². The molecule has 0 bridgehead atoms. The first-order valence-electron chi connectivity index (χ1n) is 9.08. The molecular weight excluding hydrogens is 456 g/mol. The Balaban J connectivity index is 2.21. The number of halogens is 1. The third-order valence-corrected chi connectivity index (χ3v) is 5.20. The third kappa shape index (κ3) is 4.04. The SMILES string of the molecule is CC[C@H](C)c1nc2ccc(Br)cc2c(=O)n1N=Cc1cc(OC)c(O)c([N+](=O)[O-])c1. The molecule has 156 valence electrons. The summed E-state index contributed by atoms with van der Waals surface area (Å²) in [6.45, 7) is 3.91. The van der Waals surface area contributed by atoms with Gasteiger partial charge in [0.15, 0.2) is 5.75 Å². The van der Waals surface area contributed by atoms with Gasteiger partial charge in [0.05, 0.1) is 29.2 Å². The smallest absolute Gasteiger partial charge is 0.315 e. The van der Waals surface area contributed by atoms with Gasteiger partial charge in [-0.3, -0.25) is 14.9 Å². The number of hydrogen-bond acceptors (Lipinski definition) is 7. The fourth-order valence-electron chi connectivity index (χ4n) is 2.89. The topological polar surface area (TPSA) is 120 Å². The van der Waals surface area contributed by atoms with Crippen LogP contribution < -0.4 is 10.3 Å². The zero-order valence-corrected chi connectivity index (χ0v) is 18.1. The molecule has 0 aliphatic heterocycles. The standard InChI is InChI=1S/C20H19BrN4O5/c1-4-11(2)19-23-15-6-5-13(21)9-14(15)20(27)24(19)22-10-12-7-16(25(28)29)18(26)17(8-12)30-3/h5-11,26H,4H2,1-3H3/t11-/m0/s1. The van der Waals surface area contributed by atoms with Gasteiger partial charge in [0.25, 0.3) is 5.56 Å². The number of ether oxygens (including phenoxy) is 1. The number of hydrogen-bond donors (Lipinski definition) is 1. The monoisotopic (exact) mass is 474 g/mol. The molecule has 2 aromatic carbocycles. The van der Waals surface area contributed by atoms with E-state index in [2.05, 4.69) is 26.0 Å². The zero-order chi connectivity index (χ0) is 22.0. The van der Waals surface area contributed by atoms with Crippen LogP contribution >= 0.6 is 15.9 Å². The van der Waals surface area contributed by atoms with Gasteiger partial charge in [-0.15, -0.1) is 0 Å². The average molecular weight is 475 g/mol. The molecule has 0 saturated heterocycles. The molecule has 1 atom stereocenters. The summed E-state index contributed by atoms with van der Waals surface area (Å²) in [6.07, 6.45) is 2.04. The van der Waals surface area contributed by atoms with E-state index in [1.807, 2.05) is 19.9 Å². The Morgan fingerprint density at radius 3 is 2.77 bits per heavy atom. The largest absolute Gasteiger partial charge is 0.500 e. The normalized spacial score (nSPS) is 12.4. The minimum Gasteiger partial charge on any atom is -0.500 e. The molecule has 0 saturated carbocycles. The highest BCUT2D eigenvalue weighted by Crippen LogP contribution is 2.36. The maximum atomic E-state index is 13.1. The van der Waals surface area contributed by atoms with Crippen LogP contribution in [0, 0.1) is 10.1 Å². The molecule has 0 unspecified atom stereocenters. The Morgan fingerprint density at radius 2 is 2.13 bits per heavy atom. The van der Waals surface area contributed by atoms with E-state index in [0.717, 1.165) is 17.0 Å². The van der Waals surface area contributed by atoms with Gasteiger partial charge in [0, 0.05) is 22.0 Å². The van der Waals surface area contributed by atoms with E-state index in [1.54, 1.807) is 12.1 Å². The lowest BCUT2D eigenvalue weighted by Gasteiger charge is -2.14. The summed E-state index contributed by atoms with van der Waals surface area (Å²) in [5.41, 5.74) is -0.0291. The van der Waals surface area contributed by atoms with Gasteiger partial charge in [-0.2, -0.15) is 9.78 Å². The Kier molecular flexibility index (Phi) is 6.16. The molecule has 3 aromatic rings. The number of nitrogens with zero attached hydrogens (tertiary/aromatic N) is 4. The van der Waals surface area contributed by atoms with Gasteiger partial charge in [-0.25, -0.2) is 4.98 Å². The number of benzene rings is 2. The van der Waals surface area contributed by atoms with Crippen LogP contribution in [0.2, 0.25) is 0 Å². The van der Waals surface area contributed by atoms with E-state index in [-0.39, 0.29) is 22.8 Å². The summed E-state index contributed by atoms with van der Waals surface area (Å²) in [4.78, 5) is 28.2. The lowest BCUT2D eigenvalue weighted by molar-refractivity contribution is -0.386. The van der Waals surface area contributed by atoms with Crippen molar-refractivity contribution in [2.75, 3.05) is 7.11 Å². The molecular formula is C20H19BrN4O5. The number of aromatic nitrogens is 2. The highest BCUT2D eigenvalue weighted by molar-refractivity contribution is 9.10. The number of rotatable bonds is 6. The van der Waals surface area contributed by atoms with Crippen molar-refractivity contribution in [2.24, 2.45) is 5.10 Å². The van der Waals surface area contributed by atoms with Crippen LogP contribution in [-0.2, 0) is 0 Å². The fraction of sp³-hybridized carbons (Fsp3) is 0.250. The molecule has 0 fully saturated rings. The lowest BCUT2D eigenvalue weighted by Crippen LogP contribution is -2.23. The summed E-state index contributed by atoms with van der Waals surface area (Å²) in [5, 5.41) is 25.8. The van der Waals surface area contributed by atoms with Crippen LogP contribution in [-0.4, -0.2) is 33.0 Å². The van der Waals surface area contributed by atoms with Crippen LogP contribution in [0.3, 0.4) is 0 Å². The van der Waals surface area contributed by atoms with Crippen molar-refractivity contribution in [1.82, 2.24) is 9.66 Å². The molecule has 0 amide bonds. The number of nitro groups is 1. The second kappa shape index (κ2) is 8.62. The second-order valence-corrected chi connectivity index (χ2v) is 7.57. The molecule has 1 aromatic heterocycles. The molecule has 1 N–H and O–H groups in total. The molecule has 9 nitrogen and oxygen atoms in total. The van der Waals surface area contributed by atoms with Crippen LogP contribution in [0.1, 0.15) is 37.6 Å². The third-order valence-electron chi connectivity index (χ3n) is 4.70. The summed E-state index contributed by atoms with van der Waals surface area (Å²) >= 11 is 3.36. The number of nitro benzene ring substituents is 1. The van der Waals surface area contributed by atoms with Crippen molar-refractivity contribution in [2.45, 2.75) is 26.2 Å². The minimum absolute atomic E-state index is 0.0495. The molecule has 10 heteroatoms. The molecule has 0 aliphatic carbocycles. The lowest BCUT2D eigenvalue weighted by atomic mass is 10.1. The second-order valence-electron chi connectivity index (χ2n) is 6.65. The Labute approximate surface area is 179 Å². The Bertz CT molecular complexity index is 1220. The molecule has 0 spiro atoms. The summed E-state index contributed by atoms with van der Waals surface area (Å²) in [5.74, 6) is -0.213. The predicted molar refractivity (Wildman–Crippen MR) is 117 cm³/mol. The van der Waals surface area contributed by atoms with Crippen molar-refractivity contribution >= 4 is 38.7 Å². The number of phenolic OH excluding ortho intramolecular Hbond substituents is 1. The summed E-state index contributed by atoms with van der Waals surface area (Å²) < 4.78 is 6.94. The van der Waals surface area contributed by atoms with Crippen LogP contribution in [0.25, 0.3) is 10.9 Å². The van der Waals surface area contributed by atoms with Crippen molar-refractivity contribution in [3.8, 4) is 11.5 Å². The maximum absolute atomic E-state index is 13.1. The average Bonchev–Trinajstić information content (AvgIpc) is 2.73. The molecule has 1 heterocycles. The van der Waals surface area contributed by atoms with Gasteiger partial charge < -0.3 is 9.84 Å². The van der Waals surface area contributed by atoms with Crippen molar-refractivity contribution < 1.29 is 14.8 Å². The number of phenols is 1. The number of fused-ring (bicyclic) bond motifs is 1. The van der Waals surface area contributed by atoms with E-state index in [4.69, 9.17) is 4.74 Å². The van der Waals surface area contributed by atoms with E-state index >= 15 is 0 Å². The summed E-state index contributed by atoms with van der Waals surface area (Å²) in [6, 6.07) is 7.79. The molecule has 3 rings (SSSR count). The van der Waals surface area contributed by atoms with Crippen LogP contribution in [0.15, 0.2) is 44.7 Å².